The molecule has 0 spiro atoms. The van der Waals surface area contributed by atoms with Gasteiger partial charge in [0.05, 0.1) is 0 Å². The largest absolute Gasteiger partial charge is 0.396 e. The van der Waals surface area contributed by atoms with Gasteiger partial charge in [-0.1, -0.05) is 0 Å². The maximum atomic E-state index is 12.2. The zero-order valence-electron chi connectivity index (χ0n) is 14.1. The van der Waals surface area contributed by atoms with Crippen LogP contribution in [0.1, 0.15) is 25.7 Å². The number of amides is 2. The van der Waals surface area contributed by atoms with E-state index in [1.54, 1.807) is 0 Å². The smallest absolute Gasteiger partial charge is 0.317 e. The number of likely N-dealkylation sites (tertiary alicyclic amines) is 2. The average Bonchev–Trinajstić information content (AvgIpc) is 2.55. The molecule has 0 aromatic heterocycles. The Bertz CT molecular complexity index is 343. The van der Waals surface area contributed by atoms with Crippen LogP contribution in [-0.4, -0.2) is 91.8 Å². The van der Waals surface area contributed by atoms with Crippen molar-refractivity contribution >= 4 is 6.03 Å². The van der Waals surface area contributed by atoms with Gasteiger partial charge in [0.25, 0.3) is 0 Å². The van der Waals surface area contributed by atoms with Gasteiger partial charge in [-0.3, -0.25) is 0 Å². The first-order valence-corrected chi connectivity index (χ1v) is 8.62. The highest BCUT2D eigenvalue weighted by Crippen LogP contribution is 2.16. The quantitative estimate of drug-likeness (QED) is 0.773. The van der Waals surface area contributed by atoms with E-state index in [0.717, 1.165) is 39.0 Å². The summed E-state index contributed by atoms with van der Waals surface area (Å²) >= 11 is 0. The number of hydrogen-bond acceptors (Lipinski definition) is 4. The second-order valence-corrected chi connectivity index (χ2v) is 6.91. The molecule has 22 heavy (non-hydrogen) atoms. The number of carbonyl (C=O) groups is 1. The molecule has 0 saturated carbocycles. The molecule has 2 saturated heterocycles. The SMILES string of the molecule is CN(C)C1CCN(CCNC(=O)N2CCCC(CO)C2)CC1. The summed E-state index contributed by atoms with van der Waals surface area (Å²) in [6.45, 7) is 5.58. The lowest BCUT2D eigenvalue weighted by Crippen LogP contribution is -2.49. The normalized spacial score (nSPS) is 24.7. The molecule has 6 nitrogen and oxygen atoms in total. The van der Waals surface area contributed by atoms with Gasteiger partial charge in [-0.25, -0.2) is 4.79 Å². The molecule has 2 heterocycles. The summed E-state index contributed by atoms with van der Waals surface area (Å²) in [5.41, 5.74) is 0. The summed E-state index contributed by atoms with van der Waals surface area (Å²) in [7, 11) is 4.30. The number of hydrogen-bond donors (Lipinski definition) is 2. The molecule has 2 rings (SSSR count). The summed E-state index contributed by atoms with van der Waals surface area (Å²) in [6, 6.07) is 0.732. The summed E-state index contributed by atoms with van der Waals surface area (Å²) in [6.07, 6.45) is 4.45. The minimum absolute atomic E-state index is 0.0290. The molecular formula is C16H32N4O2. The van der Waals surface area contributed by atoms with Crippen molar-refractivity contribution in [2.24, 2.45) is 5.92 Å². The van der Waals surface area contributed by atoms with Crippen LogP contribution in [0, 0.1) is 5.92 Å². The molecule has 0 aliphatic carbocycles. The standard InChI is InChI=1S/C16H32N4O2/c1-18(2)15-5-9-19(10-6-15)11-7-17-16(22)20-8-3-4-14(12-20)13-21/h14-15,21H,3-13H2,1-2H3,(H,17,22). The fourth-order valence-corrected chi connectivity index (χ4v) is 3.49. The Hall–Kier alpha value is -0.850. The van der Waals surface area contributed by atoms with Crippen molar-refractivity contribution in [3.63, 3.8) is 0 Å². The number of rotatable bonds is 5. The lowest BCUT2D eigenvalue weighted by Gasteiger charge is -2.35. The van der Waals surface area contributed by atoms with Crippen LogP contribution in [0.15, 0.2) is 0 Å². The molecule has 1 atom stereocenters. The summed E-state index contributed by atoms with van der Waals surface area (Å²) in [5, 5.41) is 12.3. The second kappa shape index (κ2) is 8.70. The van der Waals surface area contributed by atoms with Gasteiger partial charge in [0.2, 0.25) is 0 Å². The van der Waals surface area contributed by atoms with E-state index in [9.17, 15) is 9.90 Å². The number of aliphatic hydroxyl groups is 1. The third kappa shape index (κ3) is 5.11. The van der Waals surface area contributed by atoms with Gasteiger partial charge in [0.15, 0.2) is 0 Å². The van der Waals surface area contributed by atoms with Gasteiger partial charge >= 0.3 is 6.03 Å². The van der Waals surface area contributed by atoms with Gasteiger partial charge < -0.3 is 25.1 Å². The Kier molecular flexibility index (Phi) is 6.92. The highest BCUT2D eigenvalue weighted by atomic mass is 16.3. The molecular weight excluding hydrogens is 280 g/mol. The van der Waals surface area contributed by atoms with E-state index in [2.05, 4.69) is 29.2 Å². The van der Waals surface area contributed by atoms with E-state index in [1.807, 2.05) is 4.90 Å². The van der Waals surface area contributed by atoms with Crippen LogP contribution >= 0.6 is 0 Å². The van der Waals surface area contributed by atoms with E-state index in [0.29, 0.717) is 19.1 Å². The van der Waals surface area contributed by atoms with Crippen LogP contribution < -0.4 is 5.32 Å². The van der Waals surface area contributed by atoms with Gasteiger partial charge in [-0.2, -0.15) is 0 Å². The Labute approximate surface area is 134 Å². The van der Waals surface area contributed by atoms with Crippen molar-refractivity contribution < 1.29 is 9.90 Å². The number of nitrogens with zero attached hydrogens (tertiary/aromatic N) is 3. The zero-order valence-corrected chi connectivity index (χ0v) is 14.1. The van der Waals surface area contributed by atoms with Crippen molar-refractivity contribution in [3.05, 3.63) is 0 Å². The minimum atomic E-state index is 0.0290. The molecule has 2 aliphatic heterocycles. The summed E-state index contributed by atoms with van der Waals surface area (Å²) in [4.78, 5) is 18.8. The lowest BCUT2D eigenvalue weighted by molar-refractivity contribution is 0.126. The molecule has 0 bridgehead atoms. The molecule has 2 amide bonds. The van der Waals surface area contributed by atoms with E-state index in [-0.39, 0.29) is 18.6 Å². The van der Waals surface area contributed by atoms with Gasteiger partial charge in [-0.15, -0.1) is 0 Å². The van der Waals surface area contributed by atoms with Crippen molar-refractivity contribution in [3.8, 4) is 0 Å². The van der Waals surface area contributed by atoms with Crippen molar-refractivity contribution in [2.75, 3.05) is 60.0 Å². The van der Waals surface area contributed by atoms with E-state index in [4.69, 9.17) is 0 Å². The van der Waals surface area contributed by atoms with Crippen molar-refractivity contribution in [1.29, 1.82) is 0 Å². The predicted octanol–water partition coefficient (Wildman–Crippen LogP) is 0.426. The molecule has 0 aromatic rings. The maximum absolute atomic E-state index is 12.2. The lowest BCUT2D eigenvalue weighted by atomic mass is 9.99. The average molecular weight is 312 g/mol. The monoisotopic (exact) mass is 312 g/mol. The fourth-order valence-electron chi connectivity index (χ4n) is 3.49. The number of nitrogens with one attached hydrogen (secondary N) is 1. The molecule has 1 unspecified atom stereocenters. The molecule has 128 valence electrons. The number of piperidine rings is 2. The molecule has 0 aromatic carbocycles. The Morgan fingerprint density at radius 1 is 1.23 bits per heavy atom. The number of carbonyl (C=O) groups excluding carboxylic acids is 1. The highest BCUT2D eigenvalue weighted by Gasteiger charge is 2.23. The molecule has 0 radical (unpaired) electrons. The number of urea groups is 1. The highest BCUT2D eigenvalue weighted by molar-refractivity contribution is 5.74. The third-order valence-electron chi connectivity index (χ3n) is 5.06. The van der Waals surface area contributed by atoms with Gasteiger partial charge in [-0.05, 0) is 58.8 Å². The summed E-state index contributed by atoms with van der Waals surface area (Å²) in [5.74, 6) is 0.254. The van der Waals surface area contributed by atoms with Crippen LogP contribution in [0.3, 0.4) is 0 Å². The predicted molar refractivity (Wildman–Crippen MR) is 87.9 cm³/mol. The molecule has 6 heteroatoms. The van der Waals surface area contributed by atoms with Crippen molar-refractivity contribution in [2.45, 2.75) is 31.7 Å². The molecule has 2 aliphatic rings. The Balaban J connectivity index is 1.61. The zero-order chi connectivity index (χ0) is 15.9. The van der Waals surface area contributed by atoms with Crippen LogP contribution in [0.25, 0.3) is 0 Å². The van der Waals surface area contributed by atoms with Crippen LogP contribution in [0.2, 0.25) is 0 Å². The fraction of sp³-hybridized carbons (Fsp3) is 0.938. The summed E-state index contributed by atoms with van der Waals surface area (Å²) < 4.78 is 0. The van der Waals surface area contributed by atoms with E-state index in [1.165, 1.54) is 12.8 Å². The third-order valence-corrected chi connectivity index (χ3v) is 5.06. The first-order valence-electron chi connectivity index (χ1n) is 8.62. The van der Waals surface area contributed by atoms with Gasteiger partial charge in [0.1, 0.15) is 0 Å². The van der Waals surface area contributed by atoms with E-state index < -0.39 is 0 Å². The number of aliphatic hydroxyl groups excluding tert-OH is 1. The first kappa shape index (κ1) is 17.5. The minimum Gasteiger partial charge on any atom is -0.396 e. The molecule has 2 fully saturated rings. The molecule has 2 N–H and O–H groups in total. The Morgan fingerprint density at radius 3 is 2.59 bits per heavy atom. The van der Waals surface area contributed by atoms with Crippen LogP contribution in [0.5, 0.6) is 0 Å². The topological polar surface area (TPSA) is 59.0 Å². The first-order chi connectivity index (χ1) is 10.6. The van der Waals surface area contributed by atoms with E-state index >= 15 is 0 Å². The Morgan fingerprint density at radius 2 is 1.95 bits per heavy atom. The maximum Gasteiger partial charge on any atom is 0.317 e. The van der Waals surface area contributed by atoms with Crippen molar-refractivity contribution in [1.82, 2.24) is 20.0 Å². The second-order valence-electron chi connectivity index (χ2n) is 6.91. The van der Waals surface area contributed by atoms with Crippen LogP contribution in [0.4, 0.5) is 4.79 Å². The van der Waals surface area contributed by atoms with Gasteiger partial charge in [0, 0.05) is 38.8 Å². The van der Waals surface area contributed by atoms with Crippen LogP contribution in [-0.2, 0) is 0 Å².